The van der Waals surface area contributed by atoms with Crippen molar-refractivity contribution in [2.45, 2.75) is 26.7 Å². The lowest BCUT2D eigenvalue weighted by Crippen LogP contribution is -2.30. The Balaban J connectivity index is 2.57. The van der Waals surface area contributed by atoms with Crippen LogP contribution in [0.2, 0.25) is 0 Å². The molecule has 1 N–H and O–H groups in total. The molecule has 0 aliphatic rings. The number of hydrogen-bond donors (Lipinski definition) is 1. The third kappa shape index (κ3) is 5.20. The Morgan fingerprint density at radius 3 is 2.63 bits per heavy atom. The number of hydrogen-bond acceptors (Lipinski definition) is 3. The highest BCUT2D eigenvalue weighted by molar-refractivity contribution is 7.92. The summed E-state index contributed by atoms with van der Waals surface area (Å²) in [6.07, 6.45) is 1.70. The lowest BCUT2D eigenvalue weighted by atomic mass is 10.2. The highest BCUT2D eigenvalue weighted by Crippen LogP contribution is 2.17. The van der Waals surface area contributed by atoms with Crippen LogP contribution in [0.25, 0.3) is 0 Å². The van der Waals surface area contributed by atoms with Crippen LogP contribution in [0.3, 0.4) is 0 Å². The maximum Gasteiger partial charge on any atom is 0.234 e. The Bertz CT molecular complexity index is 486. The van der Waals surface area contributed by atoms with Crippen molar-refractivity contribution in [3.8, 4) is 0 Å². The SMILES string of the molecule is CCCNCCCS(=O)(=O)N(C)c1cccc(C)c1. The maximum atomic E-state index is 12.2. The molecule has 0 heterocycles. The first-order valence-corrected chi connectivity index (χ1v) is 8.32. The average molecular weight is 284 g/mol. The summed E-state index contributed by atoms with van der Waals surface area (Å²) in [6.45, 7) is 5.73. The molecule has 0 aromatic heterocycles. The van der Waals surface area contributed by atoms with E-state index in [9.17, 15) is 8.42 Å². The highest BCUT2D eigenvalue weighted by Gasteiger charge is 2.17. The van der Waals surface area contributed by atoms with Gasteiger partial charge in [0.1, 0.15) is 0 Å². The summed E-state index contributed by atoms with van der Waals surface area (Å²) in [7, 11) is -1.61. The predicted octanol–water partition coefficient (Wildman–Crippen LogP) is 2.15. The van der Waals surface area contributed by atoms with Gasteiger partial charge in [0.05, 0.1) is 11.4 Å². The van der Waals surface area contributed by atoms with Crippen molar-refractivity contribution < 1.29 is 8.42 Å². The van der Waals surface area contributed by atoms with E-state index in [1.54, 1.807) is 7.05 Å². The van der Waals surface area contributed by atoms with Crippen LogP contribution in [0.15, 0.2) is 24.3 Å². The lowest BCUT2D eigenvalue weighted by Gasteiger charge is -2.19. The van der Waals surface area contributed by atoms with Crippen molar-refractivity contribution >= 4 is 15.7 Å². The van der Waals surface area contributed by atoms with Gasteiger partial charge in [0.25, 0.3) is 0 Å². The van der Waals surface area contributed by atoms with Gasteiger partial charge in [-0.2, -0.15) is 0 Å². The van der Waals surface area contributed by atoms with Crippen molar-refractivity contribution in [3.63, 3.8) is 0 Å². The summed E-state index contributed by atoms with van der Waals surface area (Å²) in [4.78, 5) is 0. The minimum Gasteiger partial charge on any atom is -0.317 e. The summed E-state index contributed by atoms with van der Waals surface area (Å²) < 4.78 is 25.7. The van der Waals surface area contributed by atoms with Crippen LogP contribution < -0.4 is 9.62 Å². The van der Waals surface area contributed by atoms with Gasteiger partial charge in [0.15, 0.2) is 0 Å². The summed E-state index contributed by atoms with van der Waals surface area (Å²) in [5.41, 5.74) is 1.78. The Labute approximate surface area is 116 Å². The standard InChI is InChI=1S/C14H24N2O2S/c1-4-9-15-10-6-11-19(17,18)16(3)14-8-5-7-13(2)12-14/h5,7-8,12,15H,4,6,9-11H2,1-3H3. The minimum atomic E-state index is -3.22. The minimum absolute atomic E-state index is 0.175. The average Bonchev–Trinajstić information content (AvgIpc) is 2.37. The second-order valence-electron chi connectivity index (χ2n) is 4.73. The van der Waals surface area contributed by atoms with Crippen LogP contribution in [-0.4, -0.2) is 34.3 Å². The molecule has 0 radical (unpaired) electrons. The highest BCUT2D eigenvalue weighted by atomic mass is 32.2. The first-order valence-electron chi connectivity index (χ1n) is 6.71. The molecule has 4 nitrogen and oxygen atoms in total. The molecule has 0 atom stereocenters. The molecular weight excluding hydrogens is 260 g/mol. The van der Waals surface area contributed by atoms with Gasteiger partial charge in [-0.3, -0.25) is 4.31 Å². The van der Waals surface area contributed by atoms with Crippen molar-refractivity contribution in [1.29, 1.82) is 0 Å². The van der Waals surface area contributed by atoms with Gasteiger partial charge < -0.3 is 5.32 Å². The van der Waals surface area contributed by atoms with Crippen LogP contribution in [0, 0.1) is 6.92 Å². The fourth-order valence-corrected chi connectivity index (χ4v) is 3.02. The molecule has 0 spiro atoms. The number of anilines is 1. The zero-order valence-electron chi connectivity index (χ0n) is 12.0. The van der Waals surface area contributed by atoms with Gasteiger partial charge in [0.2, 0.25) is 10.0 Å². The van der Waals surface area contributed by atoms with Crippen molar-refractivity contribution in [3.05, 3.63) is 29.8 Å². The summed E-state index contributed by atoms with van der Waals surface area (Å²) in [6, 6.07) is 7.53. The first-order chi connectivity index (χ1) is 8.97. The lowest BCUT2D eigenvalue weighted by molar-refractivity contribution is 0.586. The fraction of sp³-hybridized carbons (Fsp3) is 0.571. The number of rotatable bonds is 8. The van der Waals surface area contributed by atoms with Crippen LogP contribution in [0.4, 0.5) is 5.69 Å². The van der Waals surface area contributed by atoms with E-state index in [0.29, 0.717) is 6.42 Å². The quantitative estimate of drug-likeness (QED) is 0.744. The first kappa shape index (κ1) is 16.0. The van der Waals surface area contributed by atoms with E-state index in [1.165, 1.54) is 4.31 Å². The molecule has 1 aromatic carbocycles. The monoisotopic (exact) mass is 284 g/mol. The van der Waals surface area contributed by atoms with Crippen molar-refractivity contribution in [2.75, 3.05) is 30.2 Å². The van der Waals surface area contributed by atoms with Gasteiger partial charge in [-0.1, -0.05) is 19.1 Å². The normalized spacial score (nSPS) is 11.5. The Morgan fingerprint density at radius 1 is 1.26 bits per heavy atom. The summed E-state index contributed by atoms with van der Waals surface area (Å²) >= 11 is 0. The Kier molecular flexibility index (Phi) is 6.31. The van der Waals surface area contributed by atoms with E-state index in [0.717, 1.165) is 30.8 Å². The summed E-state index contributed by atoms with van der Waals surface area (Å²) in [5, 5.41) is 3.21. The fourth-order valence-electron chi connectivity index (χ4n) is 1.80. The molecular formula is C14H24N2O2S. The van der Waals surface area contributed by atoms with Crippen LogP contribution in [0.5, 0.6) is 0 Å². The van der Waals surface area contributed by atoms with E-state index in [2.05, 4.69) is 12.2 Å². The molecule has 0 bridgehead atoms. The van der Waals surface area contributed by atoms with Crippen LogP contribution >= 0.6 is 0 Å². The molecule has 1 rings (SSSR count). The van der Waals surface area contributed by atoms with Gasteiger partial charge in [-0.15, -0.1) is 0 Å². The van der Waals surface area contributed by atoms with Gasteiger partial charge in [-0.25, -0.2) is 8.42 Å². The van der Waals surface area contributed by atoms with Gasteiger partial charge in [0, 0.05) is 7.05 Å². The third-order valence-electron chi connectivity index (χ3n) is 2.97. The van der Waals surface area contributed by atoms with Crippen LogP contribution in [0.1, 0.15) is 25.3 Å². The van der Waals surface area contributed by atoms with E-state index in [4.69, 9.17) is 0 Å². The zero-order valence-corrected chi connectivity index (χ0v) is 12.8. The number of nitrogens with one attached hydrogen (secondary N) is 1. The Morgan fingerprint density at radius 2 is 2.00 bits per heavy atom. The maximum absolute atomic E-state index is 12.2. The molecule has 0 unspecified atom stereocenters. The smallest absolute Gasteiger partial charge is 0.234 e. The molecule has 0 aliphatic carbocycles. The molecule has 108 valence electrons. The largest absolute Gasteiger partial charge is 0.317 e. The second-order valence-corrected chi connectivity index (χ2v) is 6.85. The number of aryl methyl sites for hydroxylation is 1. The van der Waals surface area contributed by atoms with E-state index in [-0.39, 0.29) is 5.75 Å². The van der Waals surface area contributed by atoms with Gasteiger partial charge >= 0.3 is 0 Å². The number of benzene rings is 1. The van der Waals surface area contributed by atoms with E-state index >= 15 is 0 Å². The van der Waals surface area contributed by atoms with Crippen LogP contribution in [-0.2, 0) is 10.0 Å². The molecule has 0 saturated heterocycles. The zero-order chi connectivity index (χ0) is 14.3. The van der Waals surface area contributed by atoms with Crippen molar-refractivity contribution in [1.82, 2.24) is 5.32 Å². The second kappa shape index (κ2) is 7.50. The number of nitrogens with zero attached hydrogens (tertiary/aromatic N) is 1. The van der Waals surface area contributed by atoms with Gasteiger partial charge in [-0.05, 0) is 50.6 Å². The molecule has 0 aliphatic heterocycles. The van der Waals surface area contributed by atoms with E-state index in [1.807, 2.05) is 31.2 Å². The van der Waals surface area contributed by atoms with E-state index < -0.39 is 10.0 Å². The Hall–Kier alpha value is -1.07. The molecule has 5 heteroatoms. The molecule has 0 amide bonds. The molecule has 1 aromatic rings. The summed E-state index contributed by atoms with van der Waals surface area (Å²) in [5.74, 6) is 0.175. The molecule has 0 saturated carbocycles. The molecule has 0 fully saturated rings. The third-order valence-corrected chi connectivity index (χ3v) is 4.82. The van der Waals surface area contributed by atoms with Crippen molar-refractivity contribution in [2.24, 2.45) is 0 Å². The number of sulfonamides is 1. The topological polar surface area (TPSA) is 49.4 Å². The molecule has 19 heavy (non-hydrogen) atoms. The predicted molar refractivity (Wildman–Crippen MR) is 81.1 cm³/mol.